The third-order valence-corrected chi connectivity index (χ3v) is 8.60. The van der Waals surface area contributed by atoms with Gasteiger partial charge in [0.2, 0.25) is 0 Å². The Bertz CT molecular complexity index is 1810. The first-order valence-electron chi connectivity index (χ1n) is 14.4. The SMILES string of the molecule is C=C/C(=C\C(=C/C)C(=C)/C=c1/c(-c2nc3c(-c4ccc(F)s4)cncc3[nH]2)n[nH]/c1=C/C)NC(=C)CC1CCCCC1. The molecule has 5 rings (SSSR count). The maximum absolute atomic E-state index is 13.8. The molecular weight excluding hydrogens is 543 g/mol. The Morgan fingerprint density at radius 3 is 2.67 bits per heavy atom. The van der Waals surface area contributed by atoms with E-state index in [0.29, 0.717) is 23.0 Å². The quantitative estimate of drug-likeness (QED) is 0.170. The van der Waals surface area contributed by atoms with Crippen LogP contribution < -0.4 is 15.9 Å². The van der Waals surface area contributed by atoms with Gasteiger partial charge in [-0.2, -0.15) is 9.49 Å². The first-order chi connectivity index (χ1) is 20.4. The fraction of sp³-hybridized carbons (Fsp3) is 0.265. The number of rotatable bonds is 10. The Morgan fingerprint density at radius 2 is 1.98 bits per heavy atom. The Kier molecular flexibility index (Phi) is 9.12. The largest absolute Gasteiger partial charge is 0.359 e. The van der Waals surface area contributed by atoms with Crippen molar-refractivity contribution in [3.8, 4) is 22.0 Å². The van der Waals surface area contributed by atoms with Crippen LogP contribution in [0.2, 0.25) is 0 Å². The highest BCUT2D eigenvalue weighted by Crippen LogP contribution is 2.32. The molecule has 4 heterocycles. The number of nitrogens with zero attached hydrogens (tertiary/aromatic N) is 3. The number of hydrogen-bond donors (Lipinski definition) is 3. The predicted molar refractivity (Wildman–Crippen MR) is 173 cm³/mol. The molecule has 4 aromatic rings. The smallest absolute Gasteiger partial charge is 0.176 e. The molecule has 0 unspecified atom stereocenters. The van der Waals surface area contributed by atoms with Crippen LogP contribution in [0.4, 0.5) is 4.39 Å². The van der Waals surface area contributed by atoms with Gasteiger partial charge in [0.05, 0.1) is 17.1 Å². The summed E-state index contributed by atoms with van der Waals surface area (Å²) in [5.74, 6) is 1.29. The van der Waals surface area contributed by atoms with Gasteiger partial charge < -0.3 is 10.3 Å². The molecule has 0 radical (unpaired) electrons. The van der Waals surface area contributed by atoms with Crippen molar-refractivity contribution >= 4 is 34.5 Å². The van der Waals surface area contributed by atoms with Crippen LogP contribution in [0.15, 0.2) is 85.0 Å². The zero-order valence-electron chi connectivity index (χ0n) is 24.3. The summed E-state index contributed by atoms with van der Waals surface area (Å²) in [5.41, 5.74) is 6.56. The molecule has 216 valence electrons. The van der Waals surface area contributed by atoms with Gasteiger partial charge in [0.1, 0.15) is 11.2 Å². The summed E-state index contributed by atoms with van der Waals surface area (Å²) in [6.45, 7) is 16.6. The second-order valence-corrected chi connectivity index (χ2v) is 11.6. The molecule has 0 atom stereocenters. The number of nitrogens with one attached hydrogen (secondary N) is 3. The maximum Gasteiger partial charge on any atom is 0.176 e. The van der Waals surface area contributed by atoms with Gasteiger partial charge in [-0.15, -0.1) is 11.3 Å². The summed E-state index contributed by atoms with van der Waals surface area (Å²) in [4.78, 5) is 13.3. The number of halogens is 1. The van der Waals surface area contributed by atoms with Gasteiger partial charge in [0, 0.05) is 33.3 Å². The van der Waals surface area contributed by atoms with Crippen molar-refractivity contribution in [2.24, 2.45) is 5.92 Å². The number of aromatic nitrogens is 5. The normalized spacial score (nSPS) is 15.9. The second kappa shape index (κ2) is 13.1. The topological polar surface area (TPSA) is 82.3 Å². The molecule has 1 aliphatic rings. The van der Waals surface area contributed by atoms with Crippen molar-refractivity contribution in [2.45, 2.75) is 52.4 Å². The zero-order chi connectivity index (χ0) is 29.6. The average Bonchev–Trinajstić information content (AvgIpc) is 3.73. The third kappa shape index (κ3) is 6.44. The minimum absolute atomic E-state index is 0.249. The molecule has 0 amide bonds. The molecule has 4 aromatic heterocycles. The summed E-state index contributed by atoms with van der Waals surface area (Å²) in [6.07, 6.45) is 20.8. The fourth-order valence-electron chi connectivity index (χ4n) is 5.52. The van der Waals surface area contributed by atoms with E-state index in [1.54, 1.807) is 18.5 Å². The molecule has 42 heavy (non-hydrogen) atoms. The summed E-state index contributed by atoms with van der Waals surface area (Å²) >= 11 is 1.07. The van der Waals surface area contributed by atoms with E-state index < -0.39 is 0 Å². The van der Waals surface area contributed by atoms with Crippen LogP contribution in [0.1, 0.15) is 52.4 Å². The number of imidazole rings is 1. The molecule has 0 aromatic carbocycles. The number of thiophene rings is 1. The molecule has 0 spiro atoms. The van der Waals surface area contributed by atoms with Crippen LogP contribution in [0.25, 0.3) is 45.1 Å². The lowest BCUT2D eigenvalue weighted by molar-refractivity contribution is 0.353. The summed E-state index contributed by atoms with van der Waals surface area (Å²) in [7, 11) is 0. The average molecular weight is 581 g/mol. The van der Waals surface area contributed by atoms with Crippen LogP contribution in [0, 0.1) is 11.0 Å². The van der Waals surface area contributed by atoms with Crippen LogP contribution in [-0.4, -0.2) is 25.1 Å². The van der Waals surface area contributed by atoms with Crippen LogP contribution in [-0.2, 0) is 0 Å². The minimum atomic E-state index is -0.249. The van der Waals surface area contributed by atoms with Crippen LogP contribution in [0.3, 0.4) is 0 Å². The highest BCUT2D eigenvalue weighted by Gasteiger charge is 2.17. The first-order valence-corrected chi connectivity index (χ1v) is 15.2. The van der Waals surface area contributed by atoms with E-state index in [2.05, 4.69) is 45.2 Å². The lowest BCUT2D eigenvalue weighted by atomic mass is 9.86. The second-order valence-electron chi connectivity index (χ2n) is 10.6. The molecule has 0 saturated heterocycles. The van der Waals surface area contributed by atoms with E-state index in [1.807, 2.05) is 44.2 Å². The molecular formula is C34H37FN6S. The Hall–Kier alpha value is -4.30. The highest BCUT2D eigenvalue weighted by atomic mass is 32.1. The van der Waals surface area contributed by atoms with Crippen LogP contribution in [0.5, 0.6) is 0 Å². The predicted octanol–water partition coefficient (Wildman–Crippen LogP) is 7.44. The van der Waals surface area contributed by atoms with Gasteiger partial charge in [-0.05, 0) is 67.7 Å². The van der Waals surface area contributed by atoms with Gasteiger partial charge in [0.25, 0.3) is 0 Å². The molecule has 8 heteroatoms. The molecule has 1 saturated carbocycles. The first kappa shape index (κ1) is 29.2. The number of aromatic amines is 2. The summed E-state index contributed by atoms with van der Waals surface area (Å²) in [5, 5.41) is 12.7. The van der Waals surface area contributed by atoms with Gasteiger partial charge in [0.15, 0.2) is 11.0 Å². The number of allylic oxidation sites excluding steroid dienone is 6. The van der Waals surface area contributed by atoms with E-state index in [4.69, 9.17) is 4.98 Å². The molecule has 1 aliphatic carbocycles. The third-order valence-electron chi connectivity index (χ3n) is 7.69. The number of H-pyrrole nitrogens is 2. The van der Waals surface area contributed by atoms with Gasteiger partial charge in [-0.25, -0.2) is 4.98 Å². The number of hydrogen-bond acceptors (Lipinski definition) is 5. The van der Waals surface area contributed by atoms with Crippen molar-refractivity contribution in [3.63, 3.8) is 0 Å². The van der Waals surface area contributed by atoms with Gasteiger partial charge in [-0.1, -0.05) is 64.0 Å². The van der Waals surface area contributed by atoms with E-state index in [-0.39, 0.29) is 5.13 Å². The lowest BCUT2D eigenvalue weighted by Gasteiger charge is -2.23. The van der Waals surface area contributed by atoms with Crippen molar-refractivity contribution in [1.29, 1.82) is 0 Å². The van der Waals surface area contributed by atoms with Crippen molar-refractivity contribution < 1.29 is 4.39 Å². The minimum Gasteiger partial charge on any atom is -0.359 e. The molecule has 1 fully saturated rings. The number of pyridine rings is 1. The molecule has 3 N–H and O–H groups in total. The van der Waals surface area contributed by atoms with E-state index in [1.165, 1.54) is 38.2 Å². The van der Waals surface area contributed by atoms with E-state index in [9.17, 15) is 4.39 Å². The fourth-order valence-corrected chi connectivity index (χ4v) is 6.26. The lowest BCUT2D eigenvalue weighted by Crippen LogP contribution is -2.24. The van der Waals surface area contributed by atoms with Crippen molar-refractivity contribution in [2.75, 3.05) is 0 Å². The van der Waals surface area contributed by atoms with Gasteiger partial charge in [-0.3, -0.25) is 10.1 Å². The maximum atomic E-state index is 13.8. The number of fused-ring (bicyclic) bond motifs is 1. The highest BCUT2D eigenvalue weighted by molar-refractivity contribution is 7.14. The molecule has 6 nitrogen and oxygen atoms in total. The van der Waals surface area contributed by atoms with E-state index >= 15 is 0 Å². The summed E-state index contributed by atoms with van der Waals surface area (Å²) in [6, 6.07) is 3.20. The van der Waals surface area contributed by atoms with Crippen molar-refractivity contribution in [1.82, 2.24) is 30.5 Å². The van der Waals surface area contributed by atoms with Crippen molar-refractivity contribution in [3.05, 3.63) is 101 Å². The Labute approximate surface area is 249 Å². The standard InChI is InChI=1S/C34H37FN6S/c1-6-24(18-25(7-2)37-22(5)17-23-12-10-9-11-13-23)21(4)16-26-28(8-3)40-41-33(26)34-38-29-20-36-19-27(32(29)39-34)30-14-15-31(35)42-30/h6-8,14-16,18-20,23,37,40H,2,4-5,9-13,17H2,1,3H3,(H,38,39)/b24-6+,25-18+,26-16+,28-8+. The monoisotopic (exact) mass is 580 g/mol. The Balaban J connectivity index is 1.45. The van der Waals surface area contributed by atoms with Crippen LogP contribution >= 0.6 is 11.3 Å². The molecule has 0 aliphatic heterocycles. The zero-order valence-corrected chi connectivity index (χ0v) is 25.1. The van der Waals surface area contributed by atoms with Gasteiger partial charge >= 0.3 is 0 Å². The summed E-state index contributed by atoms with van der Waals surface area (Å²) < 4.78 is 13.8. The van der Waals surface area contributed by atoms with E-state index in [0.717, 1.165) is 66.8 Å². The Morgan fingerprint density at radius 1 is 1.17 bits per heavy atom. The molecule has 0 bridgehead atoms.